The van der Waals surface area contributed by atoms with Crippen molar-refractivity contribution in [2.75, 3.05) is 11.4 Å². The summed E-state index contributed by atoms with van der Waals surface area (Å²) in [5, 5.41) is 8.69. The molecule has 0 amide bonds. The number of anilines is 2. The SMILES string of the molecule is Cc1nnc2nc(N3CCCc4c(C#CC5(C(F)(F)F)CC5)cccc43)c3cc(F)cnc3n12. The Morgan fingerprint density at radius 1 is 1.15 bits per heavy atom. The third-order valence-corrected chi connectivity index (χ3v) is 6.54. The van der Waals surface area contributed by atoms with Crippen LogP contribution in [-0.4, -0.2) is 37.3 Å². The molecule has 6 nitrogen and oxygen atoms in total. The van der Waals surface area contributed by atoms with Gasteiger partial charge in [-0.1, -0.05) is 17.9 Å². The molecule has 1 saturated carbocycles. The number of alkyl halides is 3. The molecule has 0 N–H and O–H groups in total. The average Bonchev–Trinajstić information content (AvgIpc) is 3.53. The van der Waals surface area contributed by atoms with E-state index >= 15 is 0 Å². The molecule has 0 unspecified atom stereocenters. The Bertz CT molecular complexity index is 1520. The summed E-state index contributed by atoms with van der Waals surface area (Å²) in [6, 6.07) is 6.78. The number of fused-ring (bicyclic) bond motifs is 4. The van der Waals surface area contributed by atoms with Crippen LogP contribution in [0.2, 0.25) is 0 Å². The van der Waals surface area contributed by atoms with Crippen LogP contribution in [0.15, 0.2) is 30.5 Å². The number of aryl methyl sites for hydroxylation is 1. The molecule has 1 fully saturated rings. The van der Waals surface area contributed by atoms with E-state index in [-0.39, 0.29) is 12.8 Å². The highest BCUT2D eigenvalue weighted by molar-refractivity contribution is 5.92. The monoisotopic (exact) mass is 466 g/mol. The van der Waals surface area contributed by atoms with Gasteiger partial charge in [0.25, 0.3) is 5.78 Å². The Hall–Kier alpha value is -3.74. The van der Waals surface area contributed by atoms with Gasteiger partial charge in [0.1, 0.15) is 22.9 Å². The van der Waals surface area contributed by atoms with Gasteiger partial charge in [0.05, 0.1) is 11.6 Å². The van der Waals surface area contributed by atoms with E-state index in [0.717, 1.165) is 23.9 Å². The van der Waals surface area contributed by atoms with Crippen LogP contribution in [0.4, 0.5) is 29.1 Å². The predicted molar refractivity (Wildman–Crippen MR) is 117 cm³/mol. The zero-order chi connectivity index (χ0) is 23.7. The van der Waals surface area contributed by atoms with Crippen LogP contribution < -0.4 is 4.90 Å². The minimum absolute atomic E-state index is 0.0386. The topological polar surface area (TPSA) is 59.2 Å². The minimum Gasteiger partial charge on any atom is -0.325 e. The molecule has 2 aliphatic rings. The number of halogens is 4. The number of nitrogens with zero attached hydrogens (tertiary/aromatic N) is 6. The van der Waals surface area contributed by atoms with Gasteiger partial charge in [0, 0.05) is 17.8 Å². The largest absolute Gasteiger partial charge is 0.405 e. The molecule has 3 aromatic heterocycles. The Labute approximate surface area is 191 Å². The predicted octanol–water partition coefficient (Wildman–Crippen LogP) is 4.90. The smallest absolute Gasteiger partial charge is 0.325 e. The summed E-state index contributed by atoms with van der Waals surface area (Å²) < 4.78 is 56.0. The molecule has 0 bridgehead atoms. The van der Waals surface area contributed by atoms with Crippen LogP contribution in [0.3, 0.4) is 0 Å². The van der Waals surface area contributed by atoms with Crippen LogP contribution in [0.25, 0.3) is 16.8 Å². The van der Waals surface area contributed by atoms with Gasteiger partial charge >= 0.3 is 6.18 Å². The van der Waals surface area contributed by atoms with Crippen molar-refractivity contribution in [2.45, 2.75) is 38.8 Å². The molecule has 6 rings (SSSR count). The lowest BCUT2D eigenvalue weighted by Crippen LogP contribution is -2.26. The fourth-order valence-corrected chi connectivity index (χ4v) is 4.56. The van der Waals surface area contributed by atoms with Crippen molar-refractivity contribution < 1.29 is 17.6 Å². The Morgan fingerprint density at radius 2 is 1.97 bits per heavy atom. The molecule has 0 saturated heterocycles. The van der Waals surface area contributed by atoms with E-state index in [4.69, 9.17) is 0 Å². The van der Waals surface area contributed by atoms with Crippen molar-refractivity contribution in [1.82, 2.24) is 24.6 Å². The summed E-state index contributed by atoms with van der Waals surface area (Å²) in [6.45, 7) is 2.36. The van der Waals surface area contributed by atoms with Crippen LogP contribution in [0, 0.1) is 30.0 Å². The normalized spacial score (nSPS) is 16.9. The van der Waals surface area contributed by atoms with Gasteiger partial charge in [-0.15, -0.1) is 10.2 Å². The summed E-state index contributed by atoms with van der Waals surface area (Å²) in [7, 11) is 0. The zero-order valence-electron chi connectivity index (χ0n) is 18.1. The standard InChI is InChI=1S/C24H18F4N6/c1-14-31-32-22-30-21(18-12-16(25)13-29-20(18)34(14)22)33-11-3-5-17-15(4-2-6-19(17)33)7-8-23(9-10-23)24(26,27)28/h2,4,6,12-13H,3,5,9-11H2,1H3. The lowest BCUT2D eigenvalue weighted by Gasteiger charge is -2.31. The molecule has 10 heteroatoms. The molecule has 172 valence electrons. The first-order valence-corrected chi connectivity index (χ1v) is 10.9. The highest BCUT2D eigenvalue weighted by atomic mass is 19.4. The minimum atomic E-state index is -4.33. The first kappa shape index (κ1) is 20.8. The van der Waals surface area contributed by atoms with Crippen molar-refractivity contribution in [3.8, 4) is 11.8 Å². The van der Waals surface area contributed by atoms with Crippen molar-refractivity contribution in [3.05, 3.63) is 53.2 Å². The third-order valence-electron chi connectivity index (χ3n) is 6.54. The Kier molecular flexibility index (Phi) is 4.37. The van der Waals surface area contributed by atoms with E-state index in [0.29, 0.717) is 47.0 Å². The number of pyridine rings is 1. The second kappa shape index (κ2) is 7.13. The van der Waals surface area contributed by atoms with Gasteiger partial charge in [0.15, 0.2) is 5.65 Å². The maximum atomic E-state index is 14.2. The highest BCUT2D eigenvalue weighted by Gasteiger charge is 2.62. The first-order chi connectivity index (χ1) is 16.3. The van der Waals surface area contributed by atoms with E-state index in [2.05, 4.69) is 32.0 Å². The summed E-state index contributed by atoms with van der Waals surface area (Å²) >= 11 is 0. The van der Waals surface area contributed by atoms with Crippen LogP contribution in [0.1, 0.15) is 36.2 Å². The maximum absolute atomic E-state index is 14.2. The number of hydrogen-bond donors (Lipinski definition) is 0. The quantitative estimate of drug-likeness (QED) is 0.295. The third kappa shape index (κ3) is 3.10. The summed E-state index contributed by atoms with van der Waals surface area (Å²) in [5.74, 6) is 6.21. The van der Waals surface area contributed by atoms with Gasteiger partial charge < -0.3 is 4.90 Å². The molecule has 0 radical (unpaired) electrons. The van der Waals surface area contributed by atoms with Gasteiger partial charge in [-0.05, 0) is 56.4 Å². The van der Waals surface area contributed by atoms with Crippen molar-refractivity contribution in [3.63, 3.8) is 0 Å². The van der Waals surface area contributed by atoms with Crippen molar-refractivity contribution in [2.24, 2.45) is 5.41 Å². The fourth-order valence-electron chi connectivity index (χ4n) is 4.56. The molecule has 4 heterocycles. The van der Waals surface area contributed by atoms with Gasteiger partial charge in [-0.2, -0.15) is 18.2 Å². The van der Waals surface area contributed by atoms with E-state index in [1.165, 1.54) is 6.07 Å². The van der Waals surface area contributed by atoms with Gasteiger partial charge in [-0.3, -0.25) is 0 Å². The summed E-state index contributed by atoms with van der Waals surface area (Å²) in [5.41, 5.74) is 0.810. The van der Waals surface area contributed by atoms with Crippen LogP contribution in [-0.2, 0) is 6.42 Å². The second-order valence-electron chi connectivity index (χ2n) is 8.73. The molecule has 1 aromatic carbocycles. The van der Waals surface area contributed by atoms with Crippen LogP contribution >= 0.6 is 0 Å². The van der Waals surface area contributed by atoms with Crippen LogP contribution in [0.5, 0.6) is 0 Å². The number of benzene rings is 1. The Morgan fingerprint density at radius 3 is 2.74 bits per heavy atom. The lowest BCUT2D eigenvalue weighted by molar-refractivity contribution is -0.168. The maximum Gasteiger partial charge on any atom is 0.405 e. The molecular formula is C24H18F4N6. The van der Waals surface area contributed by atoms with Crippen molar-refractivity contribution in [1.29, 1.82) is 0 Å². The van der Waals surface area contributed by atoms with E-state index < -0.39 is 17.4 Å². The molecule has 0 spiro atoms. The number of rotatable bonds is 1. The second-order valence-corrected chi connectivity index (χ2v) is 8.73. The molecule has 34 heavy (non-hydrogen) atoms. The number of aromatic nitrogens is 5. The first-order valence-electron chi connectivity index (χ1n) is 10.9. The number of hydrogen-bond acceptors (Lipinski definition) is 5. The van der Waals surface area contributed by atoms with Gasteiger partial charge in [-0.25, -0.2) is 13.8 Å². The fraction of sp³-hybridized carbons (Fsp3) is 0.333. The average molecular weight is 466 g/mol. The molecule has 4 aromatic rings. The summed E-state index contributed by atoms with van der Waals surface area (Å²) in [4.78, 5) is 10.9. The Balaban J connectivity index is 1.51. The zero-order valence-corrected chi connectivity index (χ0v) is 18.1. The highest BCUT2D eigenvalue weighted by Crippen LogP contribution is 2.57. The molecule has 1 aliphatic heterocycles. The van der Waals surface area contributed by atoms with Gasteiger partial charge in [0.2, 0.25) is 0 Å². The van der Waals surface area contributed by atoms with E-state index in [1.807, 2.05) is 11.0 Å². The van der Waals surface area contributed by atoms with E-state index in [1.54, 1.807) is 23.5 Å². The summed E-state index contributed by atoms with van der Waals surface area (Å²) in [6.07, 6.45) is -1.71. The molecular weight excluding hydrogens is 448 g/mol. The molecule has 1 aliphatic carbocycles. The lowest BCUT2D eigenvalue weighted by atomic mass is 9.95. The van der Waals surface area contributed by atoms with E-state index in [9.17, 15) is 17.6 Å². The molecule has 0 atom stereocenters. The van der Waals surface area contributed by atoms with Crippen molar-refractivity contribution >= 4 is 28.3 Å².